The Morgan fingerprint density at radius 1 is 1.11 bits per heavy atom. The molecule has 7 heteroatoms. The number of sulfonamides is 1. The number of rotatable bonds is 4. The summed E-state index contributed by atoms with van der Waals surface area (Å²) in [5.74, 6) is 0.448. The van der Waals surface area contributed by atoms with E-state index in [1.807, 2.05) is 24.3 Å². The molecule has 0 aromatic heterocycles. The zero-order valence-corrected chi connectivity index (χ0v) is 16.5. The summed E-state index contributed by atoms with van der Waals surface area (Å²) in [5, 5.41) is 2.98. The third-order valence-electron chi connectivity index (χ3n) is 4.11. The molecule has 2 aromatic rings. The Bertz CT molecular complexity index is 948. The van der Waals surface area contributed by atoms with Crippen molar-refractivity contribution in [2.75, 3.05) is 6.61 Å². The molecule has 1 heterocycles. The molecule has 27 heavy (non-hydrogen) atoms. The molecule has 0 aliphatic carbocycles. The highest BCUT2D eigenvalue weighted by atomic mass is 32.2. The van der Waals surface area contributed by atoms with E-state index in [0.717, 1.165) is 11.3 Å². The number of amides is 1. The third-order valence-corrected chi connectivity index (χ3v) is 5.87. The maximum absolute atomic E-state index is 12.7. The maximum atomic E-state index is 12.7. The molecule has 0 radical (unpaired) electrons. The van der Waals surface area contributed by atoms with E-state index in [-0.39, 0.29) is 16.8 Å². The summed E-state index contributed by atoms with van der Waals surface area (Å²) >= 11 is 0. The van der Waals surface area contributed by atoms with Gasteiger partial charge in [-0.3, -0.25) is 4.79 Å². The Labute approximate surface area is 160 Å². The molecule has 1 amide bonds. The van der Waals surface area contributed by atoms with Gasteiger partial charge in [-0.1, -0.05) is 24.3 Å². The van der Waals surface area contributed by atoms with Crippen LogP contribution in [0, 0.1) is 0 Å². The Morgan fingerprint density at radius 2 is 1.85 bits per heavy atom. The van der Waals surface area contributed by atoms with Gasteiger partial charge in [0, 0.05) is 23.1 Å². The minimum Gasteiger partial charge on any atom is -0.493 e. The molecule has 0 saturated heterocycles. The third kappa shape index (κ3) is 4.67. The highest BCUT2D eigenvalue weighted by Gasteiger charge is 2.25. The fraction of sp³-hybridized carbons (Fsp3) is 0.350. The molecular weight excluding hydrogens is 364 g/mol. The second-order valence-electron chi connectivity index (χ2n) is 7.58. The van der Waals surface area contributed by atoms with Crippen molar-refractivity contribution in [2.45, 2.75) is 43.7 Å². The van der Waals surface area contributed by atoms with E-state index in [2.05, 4.69) is 10.0 Å². The monoisotopic (exact) mass is 388 g/mol. The molecule has 0 bridgehead atoms. The number of hydrogen-bond acceptors (Lipinski definition) is 4. The first-order chi connectivity index (χ1) is 12.7. The van der Waals surface area contributed by atoms with Crippen LogP contribution < -0.4 is 14.8 Å². The lowest BCUT2D eigenvalue weighted by molar-refractivity contribution is 0.0924. The summed E-state index contributed by atoms with van der Waals surface area (Å²) in [7, 11) is -3.71. The fourth-order valence-corrected chi connectivity index (χ4v) is 4.46. The van der Waals surface area contributed by atoms with Crippen LogP contribution >= 0.6 is 0 Å². The number of ether oxygens (including phenoxy) is 1. The molecule has 0 fully saturated rings. The second kappa shape index (κ2) is 7.32. The minimum atomic E-state index is -3.71. The van der Waals surface area contributed by atoms with E-state index < -0.39 is 15.6 Å². The first kappa shape index (κ1) is 19.4. The molecule has 3 rings (SSSR count). The molecule has 1 aliphatic rings. The number of benzene rings is 2. The average Bonchev–Trinajstić information content (AvgIpc) is 2.60. The SMILES string of the molecule is CC(C)(C)NS(=O)(=O)c1cccc(C(=O)N[C@H]2CCOc3ccccc32)c1. The van der Waals surface area contributed by atoms with Crippen LogP contribution in [-0.4, -0.2) is 26.5 Å². The lowest BCUT2D eigenvalue weighted by Crippen LogP contribution is -2.40. The summed E-state index contributed by atoms with van der Waals surface area (Å²) in [5.41, 5.74) is 0.620. The van der Waals surface area contributed by atoms with Gasteiger partial charge in [0.15, 0.2) is 0 Å². The van der Waals surface area contributed by atoms with Gasteiger partial charge in [0.2, 0.25) is 10.0 Å². The van der Waals surface area contributed by atoms with Crippen molar-refractivity contribution < 1.29 is 17.9 Å². The van der Waals surface area contributed by atoms with Crippen LogP contribution in [0.1, 0.15) is 49.2 Å². The van der Waals surface area contributed by atoms with Crippen molar-refractivity contribution in [2.24, 2.45) is 0 Å². The van der Waals surface area contributed by atoms with Crippen molar-refractivity contribution in [3.63, 3.8) is 0 Å². The minimum absolute atomic E-state index is 0.0671. The normalized spacial score (nSPS) is 16.9. The van der Waals surface area contributed by atoms with Gasteiger partial charge in [-0.15, -0.1) is 0 Å². The van der Waals surface area contributed by atoms with Crippen molar-refractivity contribution >= 4 is 15.9 Å². The van der Waals surface area contributed by atoms with Gasteiger partial charge in [-0.05, 0) is 45.0 Å². The number of carbonyl (C=O) groups is 1. The quantitative estimate of drug-likeness (QED) is 0.843. The Morgan fingerprint density at radius 3 is 2.59 bits per heavy atom. The summed E-state index contributed by atoms with van der Waals surface area (Å²) in [6.07, 6.45) is 0.659. The van der Waals surface area contributed by atoms with Crippen molar-refractivity contribution in [1.82, 2.24) is 10.0 Å². The zero-order valence-electron chi connectivity index (χ0n) is 15.7. The average molecular weight is 388 g/mol. The van der Waals surface area contributed by atoms with Crippen LogP contribution in [0.5, 0.6) is 5.75 Å². The summed E-state index contributed by atoms with van der Waals surface area (Å²) in [6.45, 7) is 5.82. The predicted octanol–water partition coefficient (Wildman–Crippen LogP) is 3.02. The molecule has 0 saturated carbocycles. The topological polar surface area (TPSA) is 84.5 Å². The fourth-order valence-electron chi connectivity index (χ4n) is 3.00. The van der Waals surface area contributed by atoms with Crippen LogP contribution in [0.15, 0.2) is 53.4 Å². The highest BCUT2D eigenvalue weighted by Crippen LogP contribution is 2.31. The first-order valence-corrected chi connectivity index (χ1v) is 10.3. The van der Waals surface area contributed by atoms with E-state index >= 15 is 0 Å². The Balaban J connectivity index is 1.81. The highest BCUT2D eigenvalue weighted by molar-refractivity contribution is 7.89. The Hall–Kier alpha value is -2.38. The second-order valence-corrected chi connectivity index (χ2v) is 9.27. The lowest BCUT2D eigenvalue weighted by atomic mass is 10.00. The van der Waals surface area contributed by atoms with Crippen LogP contribution in [0.4, 0.5) is 0 Å². The summed E-state index contributed by atoms with van der Waals surface area (Å²) in [4.78, 5) is 12.8. The number of nitrogens with one attached hydrogen (secondary N) is 2. The molecule has 0 spiro atoms. The van der Waals surface area contributed by atoms with Gasteiger partial charge in [0.1, 0.15) is 5.75 Å². The van der Waals surface area contributed by atoms with Gasteiger partial charge in [0.25, 0.3) is 5.91 Å². The van der Waals surface area contributed by atoms with Gasteiger partial charge in [0.05, 0.1) is 17.5 Å². The number of carbonyl (C=O) groups excluding carboxylic acids is 1. The predicted molar refractivity (Wildman–Crippen MR) is 103 cm³/mol. The molecule has 2 N–H and O–H groups in total. The van der Waals surface area contributed by atoms with Crippen LogP contribution in [0.3, 0.4) is 0 Å². The molecule has 2 aromatic carbocycles. The van der Waals surface area contributed by atoms with Gasteiger partial charge >= 0.3 is 0 Å². The number of fused-ring (bicyclic) bond motifs is 1. The van der Waals surface area contributed by atoms with Gasteiger partial charge < -0.3 is 10.1 Å². The van der Waals surface area contributed by atoms with E-state index in [0.29, 0.717) is 18.6 Å². The number of hydrogen-bond donors (Lipinski definition) is 2. The smallest absolute Gasteiger partial charge is 0.251 e. The molecule has 0 unspecified atom stereocenters. The Kier molecular flexibility index (Phi) is 5.26. The van der Waals surface area contributed by atoms with Crippen molar-refractivity contribution in [3.8, 4) is 5.75 Å². The van der Waals surface area contributed by atoms with Gasteiger partial charge in [-0.2, -0.15) is 0 Å². The van der Waals surface area contributed by atoms with Crippen LogP contribution in [-0.2, 0) is 10.0 Å². The lowest BCUT2D eigenvalue weighted by Gasteiger charge is -2.26. The van der Waals surface area contributed by atoms with E-state index in [4.69, 9.17) is 4.74 Å². The van der Waals surface area contributed by atoms with Crippen molar-refractivity contribution in [1.29, 1.82) is 0 Å². The molecule has 6 nitrogen and oxygen atoms in total. The van der Waals surface area contributed by atoms with Crippen LogP contribution in [0.25, 0.3) is 0 Å². The van der Waals surface area contributed by atoms with Crippen molar-refractivity contribution in [3.05, 3.63) is 59.7 Å². The number of para-hydroxylation sites is 1. The van der Waals surface area contributed by atoms with E-state index in [1.165, 1.54) is 12.1 Å². The summed E-state index contributed by atoms with van der Waals surface area (Å²) < 4.78 is 33.2. The molecule has 144 valence electrons. The first-order valence-electron chi connectivity index (χ1n) is 8.82. The molecule has 1 aliphatic heterocycles. The maximum Gasteiger partial charge on any atom is 0.251 e. The van der Waals surface area contributed by atoms with E-state index in [9.17, 15) is 13.2 Å². The van der Waals surface area contributed by atoms with E-state index in [1.54, 1.807) is 32.9 Å². The largest absolute Gasteiger partial charge is 0.493 e. The standard InChI is InChI=1S/C20H24N2O4S/c1-20(2,3)22-27(24,25)15-8-6-7-14(13-15)19(23)21-17-11-12-26-18-10-5-4-9-16(17)18/h4-10,13,17,22H,11-12H2,1-3H3,(H,21,23)/t17-/m0/s1. The molecular formula is C20H24N2O4S. The zero-order chi connectivity index (χ0) is 19.7. The van der Waals surface area contributed by atoms with Crippen LogP contribution in [0.2, 0.25) is 0 Å². The van der Waals surface area contributed by atoms with Gasteiger partial charge in [-0.25, -0.2) is 13.1 Å². The molecule has 1 atom stereocenters. The summed E-state index contributed by atoms with van der Waals surface area (Å²) in [6, 6.07) is 13.5.